The van der Waals surface area contributed by atoms with Crippen molar-refractivity contribution in [2.45, 2.75) is 24.3 Å². The first-order valence-electron chi connectivity index (χ1n) is 9.13. The second-order valence-electron chi connectivity index (χ2n) is 6.69. The van der Waals surface area contributed by atoms with Gasteiger partial charge in [-0.25, -0.2) is 0 Å². The molecule has 4 rings (SSSR count). The molecule has 1 N–H and O–H groups in total. The van der Waals surface area contributed by atoms with Gasteiger partial charge in [0.05, 0.1) is 11.6 Å². The Morgan fingerprint density at radius 3 is 2.86 bits per heavy atom. The van der Waals surface area contributed by atoms with E-state index in [1.54, 1.807) is 11.8 Å². The molecule has 1 fully saturated rings. The first-order chi connectivity index (χ1) is 13.7. The summed E-state index contributed by atoms with van der Waals surface area (Å²) in [6, 6.07) is 19.5. The molecule has 1 aromatic heterocycles. The summed E-state index contributed by atoms with van der Waals surface area (Å²) in [6.07, 6.45) is 1.05. The molecule has 0 radical (unpaired) electrons. The van der Waals surface area contributed by atoms with Crippen LogP contribution >= 0.6 is 11.8 Å². The second kappa shape index (κ2) is 8.54. The Morgan fingerprint density at radius 2 is 2.04 bits per heavy atom. The molecule has 2 aromatic carbocycles. The minimum Gasteiger partial charge on any atom is -0.489 e. The molecule has 1 aliphatic heterocycles. The highest BCUT2D eigenvalue weighted by atomic mass is 32.2. The van der Waals surface area contributed by atoms with Crippen LogP contribution < -0.4 is 10.1 Å². The Kier molecular flexibility index (Phi) is 5.69. The van der Waals surface area contributed by atoms with Crippen molar-refractivity contribution in [2.75, 3.05) is 5.88 Å². The van der Waals surface area contributed by atoms with Crippen molar-refractivity contribution in [1.82, 2.24) is 10.3 Å². The minimum absolute atomic E-state index is 0.0242. The quantitative estimate of drug-likeness (QED) is 0.492. The summed E-state index contributed by atoms with van der Waals surface area (Å²) in [5.74, 6) is 1.08. The summed E-state index contributed by atoms with van der Waals surface area (Å²) < 4.78 is 5.88. The van der Waals surface area contributed by atoms with Crippen LogP contribution in [-0.4, -0.2) is 34.2 Å². The number of ether oxygens (including phenoxy) is 1. The number of aromatic nitrogens is 1. The maximum atomic E-state index is 11.8. The number of hydrogen-bond acceptors (Lipinski definition) is 6. The van der Waals surface area contributed by atoms with E-state index in [0.29, 0.717) is 25.2 Å². The normalized spacial score (nSPS) is 18.9. The summed E-state index contributed by atoms with van der Waals surface area (Å²) in [6.45, 7) is 0.524. The SMILES string of the molecule is O=CC(=O)C1NCSC1Cc1ccc2cc(OCc3ccccc3)ccc2n1. The maximum Gasteiger partial charge on any atom is 0.213 e. The van der Waals surface area contributed by atoms with Crippen LogP contribution in [0.4, 0.5) is 0 Å². The van der Waals surface area contributed by atoms with Crippen molar-refractivity contribution in [1.29, 1.82) is 0 Å². The van der Waals surface area contributed by atoms with Gasteiger partial charge in [0.15, 0.2) is 6.29 Å². The van der Waals surface area contributed by atoms with E-state index < -0.39 is 11.8 Å². The first-order valence-corrected chi connectivity index (χ1v) is 10.2. The smallest absolute Gasteiger partial charge is 0.213 e. The standard InChI is InChI=1S/C22H20N2O3S/c25-12-20(26)22-21(28-14-23-22)11-17-7-6-16-10-18(8-9-19(16)24-17)27-13-15-4-2-1-3-5-15/h1-10,12,21-23H,11,13-14H2. The van der Waals surface area contributed by atoms with Crippen LogP contribution in [0.25, 0.3) is 10.9 Å². The molecule has 3 aromatic rings. The molecule has 1 saturated heterocycles. The molecule has 1 aliphatic rings. The molecule has 2 unspecified atom stereocenters. The van der Waals surface area contributed by atoms with E-state index in [-0.39, 0.29) is 5.25 Å². The van der Waals surface area contributed by atoms with Crippen LogP contribution in [0.5, 0.6) is 5.75 Å². The van der Waals surface area contributed by atoms with Gasteiger partial charge in [0.1, 0.15) is 12.4 Å². The average molecular weight is 392 g/mol. The zero-order chi connectivity index (χ0) is 19.3. The highest BCUT2D eigenvalue weighted by Crippen LogP contribution is 2.26. The van der Waals surface area contributed by atoms with Gasteiger partial charge in [0.25, 0.3) is 0 Å². The van der Waals surface area contributed by atoms with Crippen LogP contribution in [0, 0.1) is 0 Å². The summed E-state index contributed by atoms with van der Waals surface area (Å²) in [5.41, 5.74) is 2.92. The van der Waals surface area contributed by atoms with Gasteiger partial charge in [-0.1, -0.05) is 36.4 Å². The first kappa shape index (κ1) is 18.7. The van der Waals surface area contributed by atoms with E-state index in [1.807, 2.05) is 60.7 Å². The summed E-state index contributed by atoms with van der Waals surface area (Å²) in [5, 5.41) is 4.12. The van der Waals surface area contributed by atoms with Crippen LogP contribution in [0.3, 0.4) is 0 Å². The lowest BCUT2D eigenvalue weighted by atomic mass is 10.0. The lowest BCUT2D eigenvalue weighted by Gasteiger charge is -2.15. The molecule has 0 spiro atoms. The largest absolute Gasteiger partial charge is 0.489 e. The number of pyridine rings is 1. The predicted molar refractivity (Wildman–Crippen MR) is 110 cm³/mol. The van der Waals surface area contributed by atoms with Gasteiger partial charge < -0.3 is 4.74 Å². The summed E-state index contributed by atoms with van der Waals surface area (Å²) in [7, 11) is 0. The molecular formula is C22H20N2O3S. The van der Waals surface area contributed by atoms with Crippen molar-refractivity contribution in [2.24, 2.45) is 0 Å². The average Bonchev–Trinajstić information content (AvgIpc) is 3.20. The van der Waals surface area contributed by atoms with Gasteiger partial charge >= 0.3 is 0 Å². The molecule has 0 amide bonds. The molecule has 2 heterocycles. The Hall–Kier alpha value is -2.70. The highest BCUT2D eigenvalue weighted by Gasteiger charge is 2.33. The number of carbonyl (C=O) groups is 2. The number of benzene rings is 2. The van der Waals surface area contributed by atoms with Gasteiger partial charge in [-0.2, -0.15) is 0 Å². The fraction of sp³-hybridized carbons (Fsp3) is 0.227. The predicted octanol–water partition coefficient (Wildman–Crippen LogP) is 3.16. The number of Topliss-reactive ketones (excluding diaryl/α,β-unsaturated/α-hetero) is 1. The Morgan fingerprint density at radius 1 is 1.18 bits per heavy atom. The van der Waals surface area contributed by atoms with E-state index in [9.17, 15) is 9.59 Å². The zero-order valence-corrected chi connectivity index (χ0v) is 16.0. The third kappa shape index (κ3) is 4.24. The number of aldehydes is 1. The van der Waals surface area contributed by atoms with E-state index in [1.165, 1.54) is 0 Å². The number of nitrogens with zero attached hydrogens (tertiary/aromatic N) is 1. The van der Waals surface area contributed by atoms with E-state index >= 15 is 0 Å². The number of hydrogen-bond donors (Lipinski definition) is 1. The molecule has 142 valence electrons. The van der Waals surface area contributed by atoms with Crippen LogP contribution in [0.1, 0.15) is 11.3 Å². The number of rotatable bonds is 7. The van der Waals surface area contributed by atoms with Gasteiger partial charge in [0.2, 0.25) is 5.78 Å². The van der Waals surface area contributed by atoms with Crippen LogP contribution in [0.15, 0.2) is 60.7 Å². The third-order valence-electron chi connectivity index (χ3n) is 4.77. The van der Waals surface area contributed by atoms with Crippen molar-refractivity contribution >= 4 is 34.7 Å². The molecule has 0 aliphatic carbocycles. The van der Waals surface area contributed by atoms with Gasteiger partial charge in [0, 0.05) is 28.6 Å². The molecule has 0 saturated carbocycles. The van der Waals surface area contributed by atoms with Crippen molar-refractivity contribution in [3.05, 3.63) is 71.9 Å². The van der Waals surface area contributed by atoms with Gasteiger partial charge in [-0.05, 0) is 29.8 Å². The molecular weight excluding hydrogens is 372 g/mol. The number of fused-ring (bicyclic) bond motifs is 1. The lowest BCUT2D eigenvalue weighted by molar-refractivity contribution is -0.131. The number of carbonyl (C=O) groups excluding carboxylic acids is 2. The monoisotopic (exact) mass is 392 g/mol. The van der Waals surface area contributed by atoms with Crippen LogP contribution in [-0.2, 0) is 22.6 Å². The topological polar surface area (TPSA) is 68.3 Å². The zero-order valence-electron chi connectivity index (χ0n) is 15.2. The van der Waals surface area contributed by atoms with Gasteiger partial charge in [-0.3, -0.25) is 19.9 Å². The van der Waals surface area contributed by atoms with E-state index in [0.717, 1.165) is 27.9 Å². The molecule has 5 nitrogen and oxygen atoms in total. The lowest BCUT2D eigenvalue weighted by Crippen LogP contribution is -2.39. The third-order valence-corrected chi connectivity index (χ3v) is 5.97. The number of ketones is 1. The van der Waals surface area contributed by atoms with Crippen molar-refractivity contribution < 1.29 is 14.3 Å². The molecule has 6 heteroatoms. The summed E-state index contributed by atoms with van der Waals surface area (Å²) >= 11 is 1.65. The molecule has 0 bridgehead atoms. The fourth-order valence-electron chi connectivity index (χ4n) is 3.30. The minimum atomic E-state index is -0.422. The van der Waals surface area contributed by atoms with E-state index in [2.05, 4.69) is 5.32 Å². The Labute approximate surface area is 167 Å². The number of nitrogens with one attached hydrogen (secondary N) is 1. The molecule has 28 heavy (non-hydrogen) atoms. The molecule has 2 atom stereocenters. The second-order valence-corrected chi connectivity index (χ2v) is 7.91. The van der Waals surface area contributed by atoms with Crippen molar-refractivity contribution in [3.63, 3.8) is 0 Å². The fourth-order valence-corrected chi connectivity index (χ4v) is 4.50. The number of thioether (sulfide) groups is 1. The Balaban J connectivity index is 1.46. The van der Waals surface area contributed by atoms with Gasteiger partial charge in [-0.15, -0.1) is 11.8 Å². The van der Waals surface area contributed by atoms with Crippen LogP contribution in [0.2, 0.25) is 0 Å². The van der Waals surface area contributed by atoms with E-state index in [4.69, 9.17) is 9.72 Å². The maximum absolute atomic E-state index is 11.8. The highest BCUT2D eigenvalue weighted by molar-refractivity contribution is 8.00. The Bertz CT molecular complexity index is 993. The summed E-state index contributed by atoms with van der Waals surface area (Å²) in [4.78, 5) is 27.3. The van der Waals surface area contributed by atoms with Crippen molar-refractivity contribution in [3.8, 4) is 5.75 Å².